The Labute approximate surface area is 144 Å². The zero-order valence-corrected chi connectivity index (χ0v) is 15.2. The summed E-state index contributed by atoms with van der Waals surface area (Å²) in [4.78, 5) is 26.9. The van der Waals surface area contributed by atoms with E-state index < -0.39 is 0 Å². The molecule has 2 rings (SSSR count). The van der Waals surface area contributed by atoms with Crippen molar-refractivity contribution in [3.05, 3.63) is 29.3 Å². The van der Waals surface area contributed by atoms with Crippen molar-refractivity contribution >= 4 is 17.5 Å². The standard InChI is InChI=1S/C19H29N3O2/c1-5-19(6-2,12-20)21-18(24)15-10-17(23)22(11-15)16-9-7-8-13(3)14(16)4/h7-9,15H,5-6,10-12,20H2,1-4H3,(H,21,24). The van der Waals surface area contributed by atoms with Crippen LogP contribution < -0.4 is 16.0 Å². The number of nitrogens with one attached hydrogen (secondary N) is 1. The SMILES string of the molecule is CCC(CC)(CN)NC(=O)C1CC(=O)N(c2cccc(C)c2C)C1. The van der Waals surface area contributed by atoms with Gasteiger partial charge in [0.2, 0.25) is 11.8 Å². The van der Waals surface area contributed by atoms with Crippen LogP contribution in [-0.2, 0) is 9.59 Å². The van der Waals surface area contributed by atoms with Gasteiger partial charge in [0.25, 0.3) is 0 Å². The molecule has 5 nitrogen and oxygen atoms in total. The lowest BCUT2D eigenvalue weighted by Gasteiger charge is -2.32. The Morgan fingerprint density at radius 2 is 2.00 bits per heavy atom. The lowest BCUT2D eigenvalue weighted by Crippen LogP contribution is -2.54. The molecule has 1 heterocycles. The quantitative estimate of drug-likeness (QED) is 0.840. The summed E-state index contributed by atoms with van der Waals surface area (Å²) < 4.78 is 0. The number of aryl methyl sites for hydroxylation is 1. The Bertz CT molecular complexity index is 615. The summed E-state index contributed by atoms with van der Waals surface area (Å²) in [5, 5.41) is 3.10. The zero-order valence-electron chi connectivity index (χ0n) is 15.2. The van der Waals surface area contributed by atoms with E-state index in [1.165, 1.54) is 0 Å². The second kappa shape index (κ2) is 7.34. The molecule has 0 aromatic heterocycles. The van der Waals surface area contributed by atoms with Crippen LogP contribution in [0.5, 0.6) is 0 Å². The first-order valence-electron chi connectivity index (χ1n) is 8.76. The lowest BCUT2D eigenvalue weighted by atomic mass is 9.91. The summed E-state index contributed by atoms with van der Waals surface area (Å²) in [5.41, 5.74) is 8.64. The Kier molecular flexibility index (Phi) is 5.65. The highest BCUT2D eigenvalue weighted by Gasteiger charge is 2.38. The minimum atomic E-state index is -0.368. The third-order valence-corrected chi connectivity index (χ3v) is 5.50. The van der Waals surface area contributed by atoms with Crippen molar-refractivity contribution in [1.29, 1.82) is 0 Å². The third-order valence-electron chi connectivity index (χ3n) is 5.50. The van der Waals surface area contributed by atoms with Gasteiger partial charge in [-0.15, -0.1) is 0 Å². The maximum absolute atomic E-state index is 12.7. The minimum absolute atomic E-state index is 0.00944. The topological polar surface area (TPSA) is 75.4 Å². The van der Waals surface area contributed by atoms with Crippen molar-refractivity contribution in [3.63, 3.8) is 0 Å². The second-order valence-corrected chi connectivity index (χ2v) is 6.81. The molecule has 1 fully saturated rings. The van der Waals surface area contributed by atoms with Crippen LogP contribution in [-0.4, -0.2) is 30.4 Å². The molecule has 1 saturated heterocycles. The summed E-state index contributed by atoms with van der Waals surface area (Å²) in [7, 11) is 0. The summed E-state index contributed by atoms with van der Waals surface area (Å²) in [5.74, 6) is -0.373. The third kappa shape index (κ3) is 3.46. The number of hydrogen-bond acceptors (Lipinski definition) is 3. The fourth-order valence-corrected chi connectivity index (χ4v) is 3.27. The molecule has 24 heavy (non-hydrogen) atoms. The van der Waals surface area contributed by atoms with Crippen LogP contribution in [0.15, 0.2) is 18.2 Å². The molecule has 132 valence electrons. The maximum Gasteiger partial charge on any atom is 0.227 e. The van der Waals surface area contributed by atoms with Gasteiger partial charge < -0.3 is 16.0 Å². The highest BCUT2D eigenvalue weighted by atomic mass is 16.2. The van der Waals surface area contributed by atoms with Gasteiger partial charge in [-0.2, -0.15) is 0 Å². The van der Waals surface area contributed by atoms with Gasteiger partial charge in [-0.05, 0) is 43.9 Å². The van der Waals surface area contributed by atoms with E-state index in [0.717, 1.165) is 29.7 Å². The number of nitrogens with zero attached hydrogens (tertiary/aromatic N) is 1. The van der Waals surface area contributed by atoms with Gasteiger partial charge in [0, 0.05) is 25.2 Å². The zero-order chi connectivity index (χ0) is 17.9. The Morgan fingerprint density at radius 3 is 2.58 bits per heavy atom. The summed E-state index contributed by atoms with van der Waals surface area (Å²) >= 11 is 0. The van der Waals surface area contributed by atoms with E-state index in [-0.39, 0.29) is 29.7 Å². The van der Waals surface area contributed by atoms with Gasteiger partial charge in [0.1, 0.15) is 0 Å². The van der Waals surface area contributed by atoms with Crippen molar-refractivity contribution in [2.45, 2.75) is 52.5 Å². The number of hydrogen-bond donors (Lipinski definition) is 2. The van der Waals surface area contributed by atoms with Gasteiger partial charge in [0.15, 0.2) is 0 Å². The second-order valence-electron chi connectivity index (χ2n) is 6.81. The van der Waals surface area contributed by atoms with Gasteiger partial charge >= 0.3 is 0 Å². The van der Waals surface area contributed by atoms with Crippen molar-refractivity contribution in [2.24, 2.45) is 11.7 Å². The fraction of sp³-hybridized carbons (Fsp3) is 0.579. The first kappa shape index (κ1) is 18.5. The summed E-state index contributed by atoms with van der Waals surface area (Å²) in [6.45, 7) is 8.94. The Hall–Kier alpha value is -1.88. The number of nitrogens with two attached hydrogens (primary N) is 1. The van der Waals surface area contributed by atoms with Gasteiger partial charge in [0.05, 0.1) is 11.5 Å². The maximum atomic E-state index is 12.7. The first-order valence-corrected chi connectivity index (χ1v) is 8.76. The van der Waals surface area contributed by atoms with Crippen molar-refractivity contribution < 1.29 is 9.59 Å². The van der Waals surface area contributed by atoms with Gasteiger partial charge in [-0.1, -0.05) is 26.0 Å². The van der Waals surface area contributed by atoms with Gasteiger partial charge in [-0.3, -0.25) is 9.59 Å². The molecule has 0 bridgehead atoms. The molecule has 1 aliphatic rings. The number of carbonyl (C=O) groups is 2. The molecule has 0 aliphatic carbocycles. The molecule has 1 atom stereocenters. The van der Waals surface area contributed by atoms with E-state index >= 15 is 0 Å². The fourth-order valence-electron chi connectivity index (χ4n) is 3.27. The molecule has 3 N–H and O–H groups in total. The highest BCUT2D eigenvalue weighted by molar-refractivity contribution is 6.01. The summed E-state index contributed by atoms with van der Waals surface area (Å²) in [6.07, 6.45) is 1.83. The van der Waals surface area contributed by atoms with E-state index in [1.807, 2.05) is 45.9 Å². The highest BCUT2D eigenvalue weighted by Crippen LogP contribution is 2.30. The van der Waals surface area contributed by atoms with Crippen molar-refractivity contribution in [3.8, 4) is 0 Å². The van der Waals surface area contributed by atoms with E-state index in [1.54, 1.807) is 4.90 Å². The van der Waals surface area contributed by atoms with E-state index in [2.05, 4.69) is 5.32 Å². The van der Waals surface area contributed by atoms with Crippen molar-refractivity contribution in [1.82, 2.24) is 5.32 Å². The largest absolute Gasteiger partial charge is 0.349 e. The van der Waals surface area contributed by atoms with Crippen LogP contribution >= 0.6 is 0 Å². The van der Waals surface area contributed by atoms with Crippen LogP contribution in [0.2, 0.25) is 0 Å². The predicted molar refractivity (Wildman–Crippen MR) is 96.9 cm³/mol. The van der Waals surface area contributed by atoms with Crippen LogP contribution in [0.4, 0.5) is 5.69 Å². The molecular formula is C19H29N3O2. The van der Waals surface area contributed by atoms with E-state index in [0.29, 0.717) is 13.1 Å². The molecule has 0 saturated carbocycles. The minimum Gasteiger partial charge on any atom is -0.349 e. The molecule has 2 amide bonds. The average Bonchev–Trinajstić information content (AvgIpc) is 2.97. The molecule has 1 aliphatic heterocycles. The van der Waals surface area contributed by atoms with Crippen LogP contribution in [0.25, 0.3) is 0 Å². The monoisotopic (exact) mass is 331 g/mol. The Morgan fingerprint density at radius 1 is 1.33 bits per heavy atom. The average molecular weight is 331 g/mol. The molecule has 1 aromatic carbocycles. The number of amides is 2. The molecular weight excluding hydrogens is 302 g/mol. The Balaban J connectivity index is 2.14. The number of anilines is 1. The van der Waals surface area contributed by atoms with Crippen LogP contribution in [0.3, 0.4) is 0 Å². The predicted octanol–water partition coefficient (Wildman–Crippen LogP) is 2.29. The lowest BCUT2D eigenvalue weighted by molar-refractivity contribution is -0.128. The van der Waals surface area contributed by atoms with E-state index in [4.69, 9.17) is 5.73 Å². The van der Waals surface area contributed by atoms with E-state index in [9.17, 15) is 9.59 Å². The number of benzene rings is 1. The van der Waals surface area contributed by atoms with Crippen LogP contribution in [0.1, 0.15) is 44.2 Å². The van der Waals surface area contributed by atoms with Gasteiger partial charge in [-0.25, -0.2) is 0 Å². The number of rotatable bonds is 6. The molecule has 0 radical (unpaired) electrons. The molecule has 1 unspecified atom stereocenters. The number of carbonyl (C=O) groups excluding carboxylic acids is 2. The van der Waals surface area contributed by atoms with Crippen LogP contribution in [0, 0.1) is 19.8 Å². The normalized spacial score (nSPS) is 18.1. The first-order chi connectivity index (χ1) is 11.4. The molecule has 5 heteroatoms. The molecule has 0 spiro atoms. The summed E-state index contributed by atoms with van der Waals surface area (Å²) in [6, 6.07) is 5.93. The molecule has 1 aromatic rings. The smallest absolute Gasteiger partial charge is 0.227 e. The van der Waals surface area contributed by atoms with Crippen molar-refractivity contribution in [2.75, 3.05) is 18.0 Å².